The average molecular weight is 213 g/mol. The molecule has 1 heterocycles. The molecule has 3 N–H and O–H groups in total. The molecule has 1 aromatic heterocycles. The first-order valence-electron chi connectivity index (χ1n) is 4.32. The maximum Gasteiger partial charge on any atom is 0.351 e. The van der Waals surface area contributed by atoms with Crippen LogP contribution >= 0.6 is 11.3 Å². The van der Waals surface area contributed by atoms with Crippen molar-refractivity contribution in [2.75, 3.05) is 18.2 Å². The number of thiazole rings is 1. The van der Waals surface area contributed by atoms with Gasteiger partial charge in [0.05, 0.1) is 7.11 Å². The highest BCUT2D eigenvalue weighted by molar-refractivity contribution is 7.17. The van der Waals surface area contributed by atoms with Gasteiger partial charge in [-0.3, -0.25) is 0 Å². The van der Waals surface area contributed by atoms with Crippen LogP contribution in [0.3, 0.4) is 0 Å². The molecule has 1 aliphatic rings. The fourth-order valence-corrected chi connectivity index (χ4v) is 1.91. The van der Waals surface area contributed by atoms with Gasteiger partial charge in [-0.25, -0.2) is 9.78 Å². The highest BCUT2D eigenvalue weighted by atomic mass is 32.1. The lowest BCUT2D eigenvalue weighted by Gasteiger charge is -1.95. The summed E-state index contributed by atoms with van der Waals surface area (Å²) in [4.78, 5) is 15.6. The van der Waals surface area contributed by atoms with Gasteiger partial charge in [0.15, 0.2) is 15.8 Å². The Balaban J connectivity index is 2.15. The lowest BCUT2D eigenvalue weighted by Crippen LogP contribution is -2.02. The van der Waals surface area contributed by atoms with Gasteiger partial charge in [-0.15, -0.1) is 0 Å². The van der Waals surface area contributed by atoms with Crippen molar-refractivity contribution in [1.82, 2.24) is 4.98 Å². The van der Waals surface area contributed by atoms with E-state index in [1.165, 1.54) is 18.4 Å². The Morgan fingerprint density at radius 3 is 3.00 bits per heavy atom. The van der Waals surface area contributed by atoms with E-state index in [-0.39, 0.29) is 5.82 Å². The van der Waals surface area contributed by atoms with Crippen LogP contribution in [-0.2, 0) is 4.74 Å². The van der Waals surface area contributed by atoms with Crippen LogP contribution in [-0.4, -0.2) is 24.1 Å². The van der Waals surface area contributed by atoms with Crippen molar-refractivity contribution in [3.63, 3.8) is 0 Å². The van der Waals surface area contributed by atoms with Gasteiger partial charge < -0.3 is 15.8 Å². The molecule has 0 spiro atoms. The van der Waals surface area contributed by atoms with Gasteiger partial charge in [-0.1, -0.05) is 11.3 Å². The number of nitrogens with two attached hydrogens (primary N) is 1. The lowest BCUT2D eigenvalue weighted by atomic mass is 10.5. The number of methoxy groups -OCH3 is 1. The van der Waals surface area contributed by atoms with E-state index in [9.17, 15) is 4.79 Å². The molecule has 1 aromatic rings. The number of carbonyl (C=O) groups excluding carboxylic acids is 1. The second kappa shape index (κ2) is 3.45. The summed E-state index contributed by atoms with van der Waals surface area (Å²) < 4.78 is 4.57. The number of hydrogen-bond acceptors (Lipinski definition) is 6. The molecule has 0 aromatic carbocycles. The number of rotatable bonds is 3. The molecule has 0 atom stereocenters. The first-order valence-corrected chi connectivity index (χ1v) is 5.13. The van der Waals surface area contributed by atoms with Gasteiger partial charge >= 0.3 is 5.97 Å². The van der Waals surface area contributed by atoms with Gasteiger partial charge in [0.1, 0.15) is 0 Å². The fraction of sp³-hybridized carbons (Fsp3) is 0.500. The number of anilines is 2. The molecule has 5 nitrogen and oxygen atoms in total. The Bertz CT molecular complexity index is 359. The summed E-state index contributed by atoms with van der Waals surface area (Å²) in [6.45, 7) is 0. The van der Waals surface area contributed by atoms with Crippen molar-refractivity contribution in [3.05, 3.63) is 4.88 Å². The van der Waals surface area contributed by atoms with Crippen LogP contribution in [0.25, 0.3) is 0 Å². The minimum Gasteiger partial charge on any atom is -0.465 e. The van der Waals surface area contributed by atoms with E-state index in [0.29, 0.717) is 16.1 Å². The molecule has 0 saturated heterocycles. The van der Waals surface area contributed by atoms with Gasteiger partial charge in [0.25, 0.3) is 0 Å². The smallest absolute Gasteiger partial charge is 0.351 e. The lowest BCUT2D eigenvalue weighted by molar-refractivity contribution is 0.0607. The third-order valence-corrected chi connectivity index (χ3v) is 2.91. The molecule has 1 fully saturated rings. The van der Waals surface area contributed by atoms with E-state index in [2.05, 4.69) is 15.0 Å². The molecule has 0 unspecified atom stereocenters. The number of aromatic nitrogens is 1. The van der Waals surface area contributed by atoms with E-state index in [0.717, 1.165) is 12.8 Å². The van der Waals surface area contributed by atoms with Gasteiger partial charge in [0, 0.05) is 6.04 Å². The normalized spacial score (nSPS) is 15.2. The molecule has 1 saturated carbocycles. The molecule has 0 radical (unpaired) electrons. The van der Waals surface area contributed by atoms with Crippen LogP contribution in [0.1, 0.15) is 22.5 Å². The Hall–Kier alpha value is -1.30. The van der Waals surface area contributed by atoms with Crippen LogP contribution in [0.15, 0.2) is 0 Å². The van der Waals surface area contributed by atoms with Crippen LogP contribution < -0.4 is 11.1 Å². The summed E-state index contributed by atoms with van der Waals surface area (Å²) in [6.07, 6.45) is 2.32. The number of ether oxygens (including phenoxy) is 1. The minimum atomic E-state index is -0.427. The van der Waals surface area contributed by atoms with E-state index in [1.54, 1.807) is 0 Å². The first kappa shape index (κ1) is 9.26. The maximum atomic E-state index is 11.2. The molecule has 0 amide bonds. The van der Waals surface area contributed by atoms with Crippen molar-refractivity contribution in [3.8, 4) is 0 Å². The third-order valence-electron chi connectivity index (χ3n) is 1.93. The van der Waals surface area contributed by atoms with E-state index < -0.39 is 5.97 Å². The Morgan fingerprint density at radius 2 is 2.43 bits per heavy atom. The van der Waals surface area contributed by atoms with Crippen molar-refractivity contribution < 1.29 is 9.53 Å². The van der Waals surface area contributed by atoms with E-state index in [1.807, 2.05) is 0 Å². The summed E-state index contributed by atoms with van der Waals surface area (Å²) in [5, 5.41) is 3.88. The predicted octanol–water partition coefficient (Wildman–Crippen LogP) is 1.09. The largest absolute Gasteiger partial charge is 0.465 e. The number of nitrogens with zero attached hydrogens (tertiary/aromatic N) is 1. The Morgan fingerprint density at radius 1 is 1.71 bits per heavy atom. The summed E-state index contributed by atoms with van der Waals surface area (Å²) in [7, 11) is 1.33. The number of nitrogen functional groups attached to an aromatic ring is 1. The van der Waals surface area contributed by atoms with Crippen LogP contribution in [0.4, 0.5) is 10.9 Å². The standard InChI is InChI=1S/C8H11N3O2S/c1-13-7(12)5-6(9)11-8(14-5)10-4-2-3-4/h4H,2-3,9H2,1H3,(H,10,11). The summed E-state index contributed by atoms with van der Waals surface area (Å²) in [6, 6.07) is 0.506. The first-order chi connectivity index (χ1) is 6.70. The zero-order chi connectivity index (χ0) is 10.1. The number of hydrogen-bond donors (Lipinski definition) is 2. The van der Waals surface area contributed by atoms with Crippen LogP contribution in [0.2, 0.25) is 0 Å². The number of esters is 1. The quantitative estimate of drug-likeness (QED) is 0.735. The highest BCUT2D eigenvalue weighted by Crippen LogP contribution is 2.30. The zero-order valence-corrected chi connectivity index (χ0v) is 8.56. The molecule has 0 bridgehead atoms. The molecule has 2 rings (SSSR count). The summed E-state index contributed by atoms with van der Waals surface area (Å²) >= 11 is 1.24. The molecular weight excluding hydrogens is 202 g/mol. The molecular formula is C8H11N3O2S. The molecule has 1 aliphatic carbocycles. The SMILES string of the molecule is COC(=O)c1sc(NC2CC2)nc1N. The molecule has 6 heteroatoms. The third kappa shape index (κ3) is 1.79. The zero-order valence-electron chi connectivity index (χ0n) is 7.74. The predicted molar refractivity (Wildman–Crippen MR) is 54.5 cm³/mol. The van der Waals surface area contributed by atoms with Crippen LogP contribution in [0, 0.1) is 0 Å². The van der Waals surface area contributed by atoms with Crippen molar-refractivity contribution >= 4 is 28.3 Å². The average Bonchev–Trinajstić information content (AvgIpc) is 2.89. The summed E-state index contributed by atoms with van der Waals surface area (Å²) in [5.41, 5.74) is 5.57. The maximum absolute atomic E-state index is 11.2. The highest BCUT2D eigenvalue weighted by Gasteiger charge is 2.24. The number of nitrogens with one attached hydrogen (secondary N) is 1. The molecule has 14 heavy (non-hydrogen) atoms. The van der Waals surface area contributed by atoms with Gasteiger partial charge in [-0.2, -0.15) is 0 Å². The van der Waals surface area contributed by atoms with E-state index >= 15 is 0 Å². The van der Waals surface area contributed by atoms with Gasteiger partial charge in [-0.05, 0) is 12.8 Å². The second-order valence-corrected chi connectivity index (χ2v) is 4.14. The van der Waals surface area contributed by atoms with Crippen molar-refractivity contribution in [2.24, 2.45) is 0 Å². The monoisotopic (exact) mass is 213 g/mol. The fourth-order valence-electron chi connectivity index (χ4n) is 1.03. The molecule has 76 valence electrons. The molecule has 0 aliphatic heterocycles. The van der Waals surface area contributed by atoms with E-state index in [4.69, 9.17) is 5.73 Å². The summed E-state index contributed by atoms with van der Waals surface area (Å²) in [5.74, 6) is -0.186. The topological polar surface area (TPSA) is 77.2 Å². The van der Waals surface area contributed by atoms with Crippen molar-refractivity contribution in [1.29, 1.82) is 0 Å². The Kier molecular flexibility index (Phi) is 2.28. The minimum absolute atomic E-state index is 0.241. The number of carbonyl (C=O) groups is 1. The Labute approximate surface area is 85.3 Å². The van der Waals surface area contributed by atoms with Crippen LogP contribution in [0.5, 0.6) is 0 Å². The van der Waals surface area contributed by atoms with Crippen molar-refractivity contribution in [2.45, 2.75) is 18.9 Å². The van der Waals surface area contributed by atoms with Gasteiger partial charge in [0.2, 0.25) is 0 Å². The second-order valence-electron chi connectivity index (χ2n) is 3.14.